The summed E-state index contributed by atoms with van der Waals surface area (Å²) in [7, 11) is 0. The van der Waals surface area contributed by atoms with Gasteiger partial charge in [0.25, 0.3) is 0 Å². The lowest BCUT2D eigenvalue weighted by Crippen LogP contribution is -2.40. The van der Waals surface area contributed by atoms with Gasteiger partial charge in [-0.05, 0) is 40.5 Å². The van der Waals surface area contributed by atoms with E-state index in [1.807, 2.05) is 25.1 Å². The molecule has 1 aromatic heterocycles. The van der Waals surface area contributed by atoms with E-state index in [0.29, 0.717) is 19.5 Å². The maximum Gasteiger partial charge on any atom is 0.225 e. The van der Waals surface area contributed by atoms with Crippen LogP contribution in [-0.2, 0) is 11.3 Å². The Morgan fingerprint density at radius 1 is 1.40 bits per heavy atom. The zero-order chi connectivity index (χ0) is 17.6. The first-order valence-electron chi connectivity index (χ1n) is 8.29. The second-order valence-electron chi connectivity index (χ2n) is 5.84. The first kappa shape index (κ1) is 17.9. The summed E-state index contributed by atoms with van der Waals surface area (Å²) < 4.78 is 1.09. The predicted octanol–water partition coefficient (Wildman–Crippen LogP) is 3.69. The van der Waals surface area contributed by atoms with Crippen LogP contribution < -0.4 is 16.0 Å². The largest absolute Gasteiger partial charge is 0.357 e. The summed E-state index contributed by atoms with van der Waals surface area (Å²) in [6.07, 6.45) is 0.487. The van der Waals surface area contributed by atoms with E-state index in [2.05, 4.69) is 54.4 Å². The third-order valence-corrected chi connectivity index (χ3v) is 5.66. The smallest absolute Gasteiger partial charge is 0.225 e. The van der Waals surface area contributed by atoms with Gasteiger partial charge in [0.05, 0.1) is 6.54 Å². The molecule has 3 N–H and O–H groups in total. The Labute approximate surface area is 160 Å². The van der Waals surface area contributed by atoms with E-state index >= 15 is 0 Å². The van der Waals surface area contributed by atoms with Crippen LogP contribution >= 0.6 is 27.3 Å². The van der Waals surface area contributed by atoms with E-state index in [1.54, 1.807) is 11.3 Å². The number of nitrogens with one attached hydrogen (secondary N) is 3. The van der Waals surface area contributed by atoms with Crippen LogP contribution in [0.25, 0.3) is 0 Å². The molecule has 7 heteroatoms. The van der Waals surface area contributed by atoms with Crippen LogP contribution in [0.1, 0.15) is 29.7 Å². The summed E-state index contributed by atoms with van der Waals surface area (Å²) >= 11 is 5.15. The van der Waals surface area contributed by atoms with Gasteiger partial charge in [0.1, 0.15) is 0 Å². The van der Waals surface area contributed by atoms with Crippen molar-refractivity contribution in [2.24, 2.45) is 4.99 Å². The average Bonchev–Trinajstić information content (AvgIpc) is 3.02. The third kappa shape index (κ3) is 4.83. The molecule has 1 aliphatic heterocycles. The van der Waals surface area contributed by atoms with E-state index in [-0.39, 0.29) is 11.8 Å². The molecule has 0 saturated carbocycles. The second-order valence-corrected chi connectivity index (χ2v) is 7.76. The van der Waals surface area contributed by atoms with Gasteiger partial charge in [-0.3, -0.25) is 4.79 Å². The molecule has 2 heterocycles. The number of nitrogens with zero attached hydrogens (tertiary/aromatic N) is 1. The second kappa shape index (κ2) is 8.49. The number of guanidine groups is 1. The van der Waals surface area contributed by atoms with E-state index in [4.69, 9.17) is 0 Å². The zero-order valence-electron chi connectivity index (χ0n) is 14.0. The summed E-state index contributed by atoms with van der Waals surface area (Å²) in [5.41, 5.74) is 2.09. The number of amides is 1. The Morgan fingerprint density at radius 3 is 3.00 bits per heavy atom. The van der Waals surface area contributed by atoms with Crippen molar-refractivity contribution in [3.8, 4) is 0 Å². The van der Waals surface area contributed by atoms with Crippen molar-refractivity contribution in [3.05, 3.63) is 50.6 Å². The average molecular weight is 421 g/mol. The van der Waals surface area contributed by atoms with Crippen molar-refractivity contribution in [1.29, 1.82) is 0 Å². The number of para-hydroxylation sites is 1. The fourth-order valence-corrected chi connectivity index (χ4v) is 4.21. The monoisotopic (exact) mass is 420 g/mol. The van der Waals surface area contributed by atoms with E-state index in [0.717, 1.165) is 22.7 Å². The first-order chi connectivity index (χ1) is 12.2. The van der Waals surface area contributed by atoms with Crippen molar-refractivity contribution >= 4 is 44.8 Å². The number of anilines is 1. The zero-order valence-corrected chi connectivity index (χ0v) is 16.4. The standard InChI is InChI=1S/C18H21BrN4OS/c1-2-20-18(22-10-14-8-13(19)11-25-14)21-9-12-7-17(24)23-16-6-4-3-5-15(12)16/h3-6,8,11-12H,2,7,9-10H2,1H3,(H,23,24)(H2,20,21,22). The summed E-state index contributed by atoms with van der Waals surface area (Å²) in [6.45, 7) is 4.14. The highest BCUT2D eigenvalue weighted by molar-refractivity contribution is 9.10. The SMILES string of the molecule is CCNC(=NCc1cc(Br)cs1)NCC1CC(=O)Nc2ccccc21. The van der Waals surface area contributed by atoms with Crippen LogP contribution in [0.15, 0.2) is 45.2 Å². The fraction of sp³-hybridized carbons (Fsp3) is 0.333. The molecule has 1 amide bonds. The Bertz CT molecular complexity index is 774. The predicted molar refractivity (Wildman–Crippen MR) is 107 cm³/mol. The van der Waals surface area contributed by atoms with Gasteiger partial charge in [0.2, 0.25) is 5.91 Å². The summed E-state index contributed by atoms with van der Waals surface area (Å²) in [5.74, 6) is 0.982. The minimum absolute atomic E-state index is 0.0656. The number of thiophene rings is 1. The van der Waals surface area contributed by atoms with Gasteiger partial charge < -0.3 is 16.0 Å². The lowest BCUT2D eigenvalue weighted by atomic mass is 9.90. The van der Waals surface area contributed by atoms with E-state index in [9.17, 15) is 4.79 Å². The number of hydrogen-bond donors (Lipinski definition) is 3. The topological polar surface area (TPSA) is 65.5 Å². The fourth-order valence-electron chi connectivity index (χ4n) is 2.84. The van der Waals surface area contributed by atoms with Gasteiger partial charge in [-0.1, -0.05) is 18.2 Å². The molecule has 0 spiro atoms. The van der Waals surface area contributed by atoms with Gasteiger partial charge in [0, 0.05) is 45.8 Å². The van der Waals surface area contributed by atoms with Crippen LogP contribution in [0.5, 0.6) is 0 Å². The molecule has 1 unspecified atom stereocenters. The molecular formula is C18H21BrN4OS. The molecule has 2 aromatic rings. The highest BCUT2D eigenvalue weighted by Crippen LogP contribution is 2.31. The molecule has 0 saturated heterocycles. The number of aliphatic imine (C=N–C) groups is 1. The van der Waals surface area contributed by atoms with E-state index < -0.39 is 0 Å². The van der Waals surface area contributed by atoms with E-state index in [1.165, 1.54) is 10.4 Å². The molecule has 3 rings (SSSR count). The molecule has 1 aliphatic rings. The molecule has 1 aromatic carbocycles. The van der Waals surface area contributed by atoms with Gasteiger partial charge >= 0.3 is 0 Å². The number of halogens is 1. The maximum atomic E-state index is 11.9. The lowest BCUT2D eigenvalue weighted by Gasteiger charge is -2.26. The summed E-state index contributed by atoms with van der Waals surface area (Å²) in [4.78, 5) is 17.8. The van der Waals surface area contributed by atoms with Crippen LogP contribution in [0.2, 0.25) is 0 Å². The number of carbonyl (C=O) groups is 1. The molecule has 1 atom stereocenters. The minimum atomic E-state index is 0.0656. The van der Waals surface area contributed by atoms with Crippen molar-refractivity contribution < 1.29 is 4.79 Å². The van der Waals surface area contributed by atoms with Crippen LogP contribution in [0, 0.1) is 0 Å². The Balaban J connectivity index is 1.66. The van der Waals surface area contributed by atoms with Crippen molar-refractivity contribution in [3.63, 3.8) is 0 Å². The third-order valence-electron chi connectivity index (χ3n) is 3.98. The Hall–Kier alpha value is -1.86. The number of rotatable bonds is 5. The first-order valence-corrected chi connectivity index (χ1v) is 9.97. The maximum absolute atomic E-state index is 11.9. The normalized spacial score (nSPS) is 17.0. The van der Waals surface area contributed by atoms with Gasteiger partial charge in [-0.15, -0.1) is 11.3 Å². The molecule has 132 valence electrons. The summed E-state index contributed by atoms with van der Waals surface area (Å²) in [5, 5.41) is 11.6. The molecule has 25 heavy (non-hydrogen) atoms. The Kier molecular flexibility index (Phi) is 6.09. The van der Waals surface area contributed by atoms with Crippen molar-refractivity contribution in [2.75, 3.05) is 18.4 Å². The highest BCUT2D eigenvalue weighted by atomic mass is 79.9. The highest BCUT2D eigenvalue weighted by Gasteiger charge is 2.24. The number of carbonyl (C=O) groups excluding carboxylic acids is 1. The molecule has 0 radical (unpaired) electrons. The minimum Gasteiger partial charge on any atom is -0.357 e. The number of fused-ring (bicyclic) bond motifs is 1. The number of benzene rings is 1. The molecule has 0 fully saturated rings. The van der Waals surface area contributed by atoms with Gasteiger partial charge in [0.15, 0.2) is 5.96 Å². The van der Waals surface area contributed by atoms with Crippen LogP contribution in [0.4, 0.5) is 5.69 Å². The van der Waals surface area contributed by atoms with Gasteiger partial charge in [-0.25, -0.2) is 4.99 Å². The molecule has 0 aliphatic carbocycles. The Morgan fingerprint density at radius 2 is 2.24 bits per heavy atom. The van der Waals surface area contributed by atoms with Crippen LogP contribution in [0.3, 0.4) is 0 Å². The molecule has 5 nitrogen and oxygen atoms in total. The molecular weight excluding hydrogens is 400 g/mol. The van der Waals surface area contributed by atoms with Crippen LogP contribution in [-0.4, -0.2) is 25.0 Å². The number of hydrogen-bond acceptors (Lipinski definition) is 3. The van der Waals surface area contributed by atoms with Crippen molar-refractivity contribution in [1.82, 2.24) is 10.6 Å². The molecule has 0 bridgehead atoms. The van der Waals surface area contributed by atoms with Crippen molar-refractivity contribution in [2.45, 2.75) is 25.8 Å². The quantitative estimate of drug-likeness (QED) is 0.510. The van der Waals surface area contributed by atoms with Gasteiger partial charge in [-0.2, -0.15) is 0 Å². The lowest BCUT2D eigenvalue weighted by molar-refractivity contribution is -0.116. The summed E-state index contributed by atoms with van der Waals surface area (Å²) in [6, 6.07) is 10.1.